The van der Waals surface area contributed by atoms with Crippen LogP contribution in [0.5, 0.6) is 0 Å². The SMILES string of the molecule is C=C/C(C)=C\C[C@@]1(C)[C@@H](C)[C@H](OC(=O)CCC)[C@@H](O)C23C(=C[C@H](O)C[C@@H]21)[C@@H](OC(=O)CCC)O[C@@H]3OC(C)=O. The zero-order valence-corrected chi connectivity index (χ0v) is 24.0. The van der Waals surface area contributed by atoms with Gasteiger partial charge in [-0.1, -0.05) is 52.0 Å². The number of ether oxygens (including phenoxy) is 4. The van der Waals surface area contributed by atoms with Crippen LogP contribution >= 0.6 is 0 Å². The molecule has 39 heavy (non-hydrogen) atoms. The van der Waals surface area contributed by atoms with Crippen molar-refractivity contribution in [1.82, 2.24) is 0 Å². The minimum atomic E-state index is -1.43. The summed E-state index contributed by atoms with van der Waals surface area (Å²) in [7, 11) is 0. The third kappa shape index (κ3) is 5.72. The lowest BCUT2D eigenvalue weighted by Gasteiger charge is -2.62. The Bertz CT molecular complexity index is 1020. The molecule has 218 valence electrons. The highest BCUT2D eigenvalue weighted by Crippen LogP contribution is 2.67. The van der Waals surface area contributed by atoms with E-state index in [2.05, 4.69) is 6.58 Å². The van der Waals surface area contributed by atoms with E-state index in [0.29, 0.717) is 24.8 Å². The van der Waals surface area contributed by atoms with Crippen molar-refractivity contribution in [2.45, 2.75) is 111 Å². The first kappa shape index (κ1) is 31.0. The van der Waals surface area contributed by atoms with Gasteiger partial charge in [0.25, 0.3) is 0 Å². The third-order valence-electron chi connectivity index (χ3n) is 8.82. The molecule has 3 rings (SSSR count). The largest absolute Gasteiger partial charge is 0.459 e. The first-order valence-electron chi connectivity index (χ1n) is 14.0. The van der Waals surface area contributed by atoms with E-state index in [9.17, 15) is 24.6 Å². The van der Waals surface area contributed by atoms with Gasteiger partial charge in [0.15, 0.2) is 0 Å². The van der Waals surface area contributed by atoms with Crippen LogP contribution in [0.4, 0.5) is 0 Å². The standard InChI is InChI=1S/C30H44O9/c1-8-11-23(33)37-25-18(5)29(7,14-13-17(4)10-3)22-16-20(32)15-21-27(38-24(34)12-9-2)39-28(36-19(6)31)30(21,22)26(25)35/h10,13,15,18,20,22,25-28,32,35H,3,8-9,11-12,14,16H2,1-2,4-7H3/b17-13-/t18-,20-,22+,25-,26+,27-,28-,29-,30?/m0/s1. The van der Waals surface area contributed by atoms with Crippen LogP contribution in [0.1, 0.15) is 80.1 Å². The molecule has 1 spiro atoms. The molecule has 1 heterocycles. The minimum Gasteiger partial charge on any atom is -0.459 e. The van der Waals surface area contributed by atoms with Gasteiger partial charge in [0.1, 0.15) is 12.2 Å². The lowest BCUT2D eigenvalue weighted by atomic mass is 9.44. The Labute approximate surface area is 231 Å². The maximum absolute atomic E-state index is 12.8. The third-order valence-corrected chi connectivity index (χ3v) is 8.82. The van der Waals surface area contributed by atoms with E-state index in [4.69, 9.17) is 18.9 Å². The van der Waals surface area contributed by atoms with Crippen LogP contribution in [0.2, 0.25) is 0 Å². The highest BCUT2D eigenvalue weighted by molar-refractivity contribution is 5.70. The van der Waals surface area contributed by atoms with Crippen LogP contribution in [-0.4, -0.2) is 59.0 Å². The summed E-state index contributed by atoms with van der Waals surface area (Å²) in [4.78, 5) is 37.6. The molecule has 1 saturated heterocycles. The van der Waals surface area contributed by atoms with Gasteiger partial charge in [0.2, 0.25) is 12.6 Å². The molecule has 2 aliphatic carbocycles. The van der Waals surface area contributed by atoms with E-state index < -0.39 is 65.5 Å². The molecular weight excluding hydrogens is 504 g/mol. The van der Waals surface area contributed by atoms with Crippen molar-refractivity contribution in [1.29, 1.82) is 0 Å². The van der Waals surface area contributed by atoms with Gasteiger partial charge in [-0.15, -0.1) is 0 Å². The fourth-order valence-electron chi connectivity index (χ4n) is 6.63. The van der Waals surface area contributed by atoms with E-state index >= 15 is 0 Å². The van der Waals surface area contributed by atoms with Gasteiger partial charge in [-0.05, 0) is 50.0 Å². The maximum Gasteiger partial charge on any atom is 0.308 e. The zero-order chi connectivity index (χ0) is 29.1. The van der Waals surface area contributed by atoms with E-state index in [-0.39, 0.29) is 25.2 Å². The molecule has 0 amide bonds. The summed E-state index contributed by atoms with van der Waals surface area (Å²) in [5, 5.41) is 23.2. The fraction of sp³-hybridized carbons (Fsp3) is 0.700. The summed E-state index contributed by atoms with van der Waals surface area (Å²) >= 11 is 0. The van der Waals surface area contributed by atoms with Crippen molar-refractivity contribution < 1.29 is 43.5 Å². The number of carbonyl (C=O) groups excluding carboxylic acids is 3. The number of aliphatic hydroxyl groups excluding tert-OH is 2. The lowest BCUT2D eigenvalue weighted by molar-refractivity contribution is -0.275. The molecule has 1 aliphatic heterocycles. The average molecular weight is 549 g/mol. The lowest BCUT2D eigenvalue weighted by Crippen LogP contribution is -2.68. The van der Waals surface area contributed by atoms with Crippen LogP contribution in [0.15, 0.2) is 36.0 Å². The molecule has 1 unspecified atom stereocenters. The predicted molar refractivity (Wildman–Crippen MR) is 143 cm³/mol. The Hall–Kier alpha value is -2.49. The number of allylic oxidation sites excluding steroid dienone is 3. The second-order valence-electron chi connectivity index (χ2n) is 11.4. The van der Waals surface area contributed by atoms with Crippen molar-refractivity contribution in [2.75, 3.05) is 0 Å². The molecule has 3 aliphatic rings. The number of rotatable bonds is 10. The second-order valence-corrected chi connectivity index (χ2v) is 11.4. The van der Waals surface area contributed by atoms with Gasteiger partial charge in [0.05, 0.1) is 11.5 Å². The Kier molecular flexibility index (Phi) is 9.83. The van der Waals surface area contributed by atoms with Crippen molar-refractivity contribution in [3.05, 3.63) is 36.0 Å². The Balaban J connectivity index is 2.25. The molecule has 9 heteroatoms. The Morgan fingerprint density at radius 1 is 1.10 bits per heavy atom. The Morgan fingerprint density at radius 2 is 1.72 bits per heavy atom. The number of esters is 3. The molecule has 0 aromatic heterocycles. The van der Waals surface area contributed by atoms with E-state index in [0.717, 1.165) is 5.57 Å². The molecule has 0 bridgehead atoms. The summed E-state index contributed by atoms with van der Waals surface area (Å²) < 4.78 is 23.4. The van der Waals surface area contributed by atoms with Crippen molar-refractivity contribution in [3.8, 4) is 0 Å². The average Bonchev–Trinajstić information content (AvgIpc) is 3.16. The smallest absolute Gasteiger partial charge is 0.308 e. The molecule has 2 N–H and O–H groups in total. The number of hydrogen-bond acceptors (Lipinski definition) is 9. The summed E-state index contributed by atoms with van der Waals surface area (Å²) in [5.74, 6) is -2.47. The van der Waals surface area contributed by atoms with Gasteiger partial charge in [0, 0.05) is 31.3 Å². The monoisotopic (exact) mass is 548 g/mol. The molecule has 1 saturated carbocycles. The molecule has 0 radical (unpaired) electrons. The highest BCUT2D eigenvalue weighted by Gasteiger charge is 2.74. The van der Waals surface area contributed by atoms with Crippen LogP contribution in [0.3, 0.4) is 0 Å². The van der Waals surface area contributed by atoms with Crippen molar-refractivity contribution >= 4 is 17.9 Å². The quantitative estimate of drug-likeness (QED) is 0.179. The van der Waals surface area contributed by atoms with Gasteiger partial charge < -0.3 is 24.4 Å². The number of carbonyl (C=O) groups is 3. The van der Waals surface area contributed by atoms with E-state index in [1.54, 1.807) is 6.08 Å². The summed E-state index contributed by atoms with van der Waals surface area (Å²) in [6, 6.07) is 0. The first-order chi connectivity index (χ1) is 18.4. The fourth-order valence-corrected chi connectivity index (χ4v) is 6.63. The minimum absolute atomic E-state index is 0.143. The molecule has 9 nitrogen and oxygen atoms in total. The van der Waals surface area contributed by atoms with E-state index in [1.165, 1.54) is 13.0 Å². The van der Waals surface area contributed by atoms with E-state index in [1.807, 2.05) is 40.7 Å². The summed E-state index contributed by atoms with van der Waals surface area (Å²) in [5.41, 5.74) is -0.837. The molecule has 2 fully saturated rings. The van der Waals surface area contributed by atoms with Crippen molar-refractivity contribution in [2.24, 2.45) is 22.7 Å². The molecular formula is C30H44O9. The van der Waals surface area contributed by atoms with Crippen LogP contribution < -0.4 is 0 Å². The molecule has 0 aromatic rings. The highest BCUT2D eigenvalue weighted by atomic mass is 16.8. The van der Waals surface area contributed by atoms with Crippen LogP contribution in [0.25, 0.3) is 0 Å². The summed E-state index contributed by atoms with van der Waals surface area (Å²) in [6.45, 7) is 14.7. The molecule has 0 aromatic carbocycles. The van der Waals surface area contributed by atoms with Gasteiger partial charge in [-0.3, -0.25) is 19.1 Å². The normalized spacial score (nSPS) is 37.7. The number of aliphatic hydroxyl groups is 2. The predicted octanol–water partition coefficient (Wildman–Crippen LogP) is 4.12. The van der Waals surface area contributed by atoms with Gasteiger partial charge in [-0.25, -0.2) is 0 Å². The Morgan fingerprint density at radius 3 is 2.28 bits per heavy atom. The maximum atomic E-state index is 12.8. The second kappa shape index (κ2) is 12.4. The zero-order valence-electron chi connectivity index (χ0n) is 24.0. The summed E-state index contributed by atoms with van der Waals surface area (Å²) in [6.07, 6.45) is 1.59. The van der Waals surface area contributed by atoms with Crippen LogP contribution in [0, 0.1) is 22.7 Å². The van der Waals surface area contributed by atoms with Gasteiger partial charge >= 0.3 is 17.9 Å². The molecule has 9 atom stereocenters. The van der Waals surface area contributed by atoms with Crippen molar-refractivity contribution in [3.63, 3.8) is 0 Å². The van der Waals surface area contributed by atoms with Gasteiger partial charge in [-0.2, -0.15) is 0 Å². The van der Waals surface area contributed by atoms with Crippen LogP contribution in [-0.2, 0) is 33.3 Å². The topological polar surface area (TPSA) is 129 Å². The number of hydrogen-bond donors (Lipinski definition) is 2. The first-order valence-corrected chi connectivity index (χ1v) is 14.0.